The van der Waals surface area contributed by atoms with E-state index in [1.165, 1.54) is 0 Å². The van der Waals surface area contributed by atoms with Crippen molar-refractivity contribution in [1.29, 1.82) is 0 Å². The third-order valence-electron chi connectivity index (χ3n) is 4.36. The van der Waals surface area contributed by atoms with Crippen LogP contribution in [0.25, 0.3) is 10.1 Å². The first-order chi connectivity index (χ1) is 12.7. The Morgan fingerprint density at radius 3 is 2.62 bits per heavy atom. The van der Waals surface area contributed by atoms with E-state index in [0.717, 1.165) is 14.7 Å². The predicted molar refractivity (Wildman–Crippen MR) is 105 cm³/mol. The Balaban J connectivity index is 1.55. The van der Waals surface area contributed by atoms with Gasteiger partial charge in [0.05, 0.1) is 17.2 Å². The maximum Gasteiger partial charge on any atom is 0.193 e. The molecular weight excluding hydrogens is 368 g/mol. The Morgan fingerprint density at radius 1 is 1.12 bits per heavy atom. The van der Waals surface area contributed by atoms with Crippen LogP contribution < -0.4 is 14.9 Å². The maximum absolute atomic E-state index is 12.9. The fourth-order valence-corrected chi connectivity index (χ4v) is 5.70. The van der Waals surface area contributed by atoms with E-state index in [2.05, 4.69) is 0 Å². The SMILES string of the molecule is COc1ccc(OCC(=O)C2CSc3sc4ccccc4c(=O)c32)cc1. The zero-order chi connectivity index (χ0) is 18.1. The van der Waals surface area contributed by atoms with Gasteiger partial charge in [-0.05, 0) is 36.4 Å². The Bertz CT molecular complexity index is 1020. The zero-order valence-electron chi connectivity index (χ0n) is 14.1. The van der Waals surface area contributed by atoms with Crippen LogP contribution in [-0.2, 0) is 4.79 Å². The number of carbonyl (C=O) groups is 1. The van der Waals surface area contributed by atoms with Gasteiger partial charge in [-0.3, -0.25) is 9.59 Å². The minimum Gasteiger partial charge on any atom is -0.497 e. The third-order valence-corrected chi connectivity index (χ3v) is 6.92. The number of ether oxygens (including phenoxy) is 2. The Labute approximate surface area is 158 Å². The highest BCUT2D eigenvalue weighted by molar-refractivity contribution is 8.01. The Kier molecular flexibility index (Phi) is 4.70. The lowest BCUT2D eigenvalue weighted by molar-refractivity contribution is -0.122. The Morgan fingerprint density at radius 2 is 1.85 bits per heavy atom. The molecule has 0 saturated heterocycles. The van der Waals surface area contributed by atoms with Crippen molar-refractivity contribution in [3.05, 3.63) is 64.3 Å². The molecule has 0 radical (unpaired) electrons. The average Bonchev–Trinajstić information content (AvgIpc) is 3.11. The summed E-state index contributed by atoms with van der Waals surface area (Å²) in [6.45, 7) is -0.0477. The van der Waals surface area contributed by atoms with Crippen LogP contribution in [0.15, 0.2) is 57.5 Å². The molecule has 4 nitrogen and oxygen atoms in total. The summed E-state index contributed by atoms with van der Waals surface area (Å²) < 4.78 is 12.6. The van der Waals surface area contributed by atoms with E-state index >= 15 is 0 Å². The van der Waals surface area contributed by atoms with E-state index in [9.17, 15) is 9.59 Å². The zero-order valence-corrected chi connectivity index (χ0v) is 15.7. The molecule has 0 fully saturated rings. The molecule has 132 valence electrons. The van der Waals surface area contributed by atoms with E-state index in [0.29, 0.717) is 22.5 Å². The van der Waals surface area contributed by atoms with Gasteiger partial charge in [0.2, 0.25) is 0 Å². The van der Waals surface area contributed by atoms with Gasteiger partial charge >= 0.3 is 0 Å². The molecule has 3 aromatic rings. The quantitative estimate of drug-likeness (QED) is 0.663. The first-order valence-corrected chi connectivity index (χ1v) is 9.95. The van der Waals surface area contributed by atoms with Crippen LogP contribution in [-0.4, -0.2) is 25.3 Å². The number of Topliss-reactive ketones (excluding diaryl/α,β-unsaturated/α-hetero) is 1. The molecule has 4 rings (SSSR count). The first kappa shape index (κ1) is 17.1. The van der Waals surface area contributed by atoms with Crippen LogP contribution in [0.5, 0.6) is 11.5 Å². The minimum absolute atomic E-state index is 0.0258. The van der Waals surface area contributed by atoms with Gasteiger partial charge < -0.3 is 9.47 Å². The van der Waals surface area contributed by atoms with Crippen molar-refractivity contribution in [2.45, 2.75) is 10.1 Å². The molecule has 2 aromatic carbocycles. The summed E-state index contributed by atoms with van der Waals surface area (Å²) in [4.78, 5) is 25.6. The molecule has 0 bridgehead atoms. The number of hydrogen-bond donors (Lipinski definition) is 0. The molecule has 1 atom stereocenters. The van der Waals surface area contributed by atoms with E-state index in [4.69, 9.17) is 9.47 Å². The number of benzene rings is 2. The summed E-state index contributed by atoms with van der Waals surface area (Å²) in [6.07, 6.45) is 0. The lowest BCUT2D eigenvalue weighted by atomic mass is 9.98. The maximum atomic E-state index is 12.9. The van der Waals surface area contributed by atoms with E-state index < -0.39 is 5.92 Å². The highest BCUT2D eigenvalue weighted by Gasteiger charge is 2.33. The molecule has 1 unspecified atom stereocenters. The van der Waals surface area contributed by atoms with E-state index in [1.807, 2.05) is 24.3 Å². The largest absolute Gasteiger partial charge is 0.497 e. The van der Waals surface area contributed by atoms with E-state index in [-0.39, 0.29) is 17.8 Å². The number of carbonyl (C=O) groups excluding carboxylic acids is 1. The number of rotatable bonds is 5. The van der Waals surface area contributed by atoms with Crippen LogP contribution in [0.2, 0.25) is 0 Å². The van der Waals surface area contributed by atoms with Crippen molar-refractivity contribution in [1.82, 2.24) is 0 Å². The topological polar surface area (TPSA) is 52.6 Å². The molecule has 2 heterocycles. The summed E-state index contributed by atoms with van der Waals surface area (Å²) >= 11 is 3.17. The summed E-state index contributed by atoms with van der Waals surface area (Å²) in [5.74, 6) is 1.47. The number of hydrogen-bond acceptors (Lipinski definition) is 6. The molecule has 26 heavy (non-hydrogen) atoms. The molecule has 6 heteroatoms. The van der Waals surface area contributed by atoms with Gasteiger partial charge in [-0.15, -0.1) is 23.1 Å². The molecule has 0 N–H and O–H groups in total. The monoisotopic (exact) mass is 384 g/mol. The molecule has 1 aromatic heterocycles. The summed E-state index contributed by atoms with van der Waals surface area (Å²) in [7, 11) is 1.60. The molecule has 1 aliphatic heterocycles. The highest BCUT2D eigenvalue weighted by atomic mass is 32.2. The fourth-order valence-electron chi connectivity index (χ4n) is 2.97. The van der Waals surface area contributed by atoms with Crippen molar-refractivity contribution < 1.29 is 14.3 Å². The average molecular weight is 384 g/mol. The van der Waals surface area contributed by atoms with Gasteiger partial charge in [-0.25, -0.2) is 0 Å². The van der Waals surface area contributed by atoms with Crippen LogP contribution in [0.4, 0.5) is 0 Å². The van der Waals surface area contributed by atoms with Gasteiger partial charge in [-0.1, -0.05) is 12.1 Å². The summed E-state index contributed by atoms with van der Waals surface area (Å²) in [5, 5.41) is 0.688. The van der Waals surface area contributed by atoms with Gasteiger partial charge in [0, 0.05) is 21.4 Å². The van der Waals surface area contributed by atoms with E-state index in [1.54, 1.807) is 54.5 Å². The lowest BCUT2D eigenvalue weighted by Gasteiger charge is -2.11. The van der Waals surface area contributed by atoms with Crippen LogP contribution in [0, 0.1) is 0 Å². The molecule has 0 aliphatic carbocycles. The number of thioether (sulfide) groups is 1. The fraction of sp³-hybridized carbons (Fsp3) is 0.200. The van der Waals surface area contributed by atoms with Crippen molar-refractivity contribution in [2.75, 3.05) is 19.5 Å². The predicted octanol–water partition coefficient (Wildman–Crippen LogP) is 4.11. The number of fused-ring (bicyclic) bond motifs is 2. The van der Waals surface area contributed by atoms with Crippen molar-refractivity contribution in [3.8, 4) is 11.5 Å². The highest BCUT2D eigenvalue weighted by Crippen LogP contribution is 2.42. The standard InChI is InChI=1S/C20H16O4S2/c1-23-12-6-8-13(9-7-12)24-10-16(21)15-11-25-20-18(15)19(22)14-4-2-3-5-17(14)26-20/h2-9,15H,10-11H2,1H3. The third kappa shape index (κ3) is 3.10. The molecular formula is C20H16O4S2. The van der Waals surface area contributed by atoms with Crippen molar-refractivity contribution in [3.63, 3.8) is 0 Å². The van der Waals surface area contributed by atoms with Gasteiger partial charge in [0.15, 0.2) is 11.2 Å². The molecule has 0 saturated carbocycles. The second-order valence-corrected chi connectivity index (χ2v) is 8.26. The minimum atomic E-state index is -0.401. The lowest BCUT2D eigenvalue weighted by Crippen LogP contribution is -2.24. The first-order valence-electron chi connectivity index (χ1n) is 8.15. The second-order valence-electron chi connectivity index (χ2n) is 5.92. The van der Waals surface area contributed by atoms with Gasteiger partial charge in [0.25, 0.3) is 0 Å². The Hall–Kier alpha value is -2.31. The van der Waals surface area contributed by atoms with Gasteiger partial charge in [-0.2, -0.15) is 0 Å². The van der Waals surface area contributed by atoms with Gasteiger partial charge in [0.1, 0.15) is 18.1 Å². The normalized spacial score (nSPS) is 15.7. The molecule has 1 aliphatic rings. The molecule has 0 spiro atoms. The number of ketones is 1. The summed E-state index contributed by atoms with van der Waals surface area (Å²) in [6, 6.07) is 14.6. The van der Waals surface area contributed by atoms with Crippen LogP contribution in [0.1, 0.15) is 11.5 Å². The number of methoxy groups -OCH3 is 1. The molecule has 0 amide bonds. The smallest absolute Gasteiger partial charge is 0.193 e. The van der Waals surface area contributed by atoms with Crippen molar-refractivity contribution >= 4 is 39.0 Å². The summed E-state index contributed by atoms with van der Waals surface area (Å²) in [5.41, 5.74) is 0.615. The van der Waals surface area contributed by atoms with Crippen LogP contribution in [0.3, 0.4) is 0 Å². The van der Waals surface area contributed by atoms with Crippen molar-refractivity contribution in [2.24, 2.45) is 0 Å². The van der Waals surface area contributed by atoms with Crippen LogP contribution >= 0.6 is 23.1 Å². The second kappa shape index (κ2) is 7.13.